The van der Waals surface area contributed by atoms with Crippen LogP contribution in [0.4, 0.5) is 0 Å². The van der Waals surface area contributed by atoms with Gasteiger partial charge in [0.15, 0.2) is 0 Å². The van der Waals surface area contributed by atoms with E-state index in [0.717, 1.165) is 0 Å². The summed E-state index contributed by atoms with van der Waals surface area (Å²) in [6.45, 7) is 2.71. The minimum Gasteiger partial charge on any atom is -0.508 e. The van der Waals surface area contributed by atoms with Crippen molar-refractivity contribution in [3.63, 3.8) is 0 Å². The monoisotopic (exact) mass is 225 g/mol. The van der Waals surface area contributed by atoms with E-state index in [0.29, 0.717) is 17.4 Å². The first-order valence-electron chi connectivity index (χ1n) is 4.73. The van der Waals surface area contributed by atoms with E-state index < -0.39 is 0 Å². The maximum absolute atomic E-state index is 11.6. The third-order valence-electron chi connectivity index (χ3n) is 2.08. The van der Waals surface area contributed by atoms with E-state index in [2.05, 4.69) is 12.2 Å². The van der Waals surface area contributed by atoms with Gasteiger partial charge in [0.2, 0.25) is 0 Å². The molecule has 1 atom stereocenters. The molecule has 0 heterocycles. The van der Waals surface area contributed by atoms with Gasteiger partial charge in [-0.3, -0.25) is 4.79 Å². The van der Waals surface area contributed by atoms with E-state index in [1.165, 1.54) is 12.1 Å². The number of carbonyl (C=O) groups is 1. The summed E-state index contributed by atoms with van der Waals surface area (Å²) in [7, 11) is 0. The van der Waals surface area contributed by atoms with Gasteiger partial charge in [-0.1, -0.05) is 6.92 Å². The Hall–Kier alpha value is -1.16. The van der Waals surface area contributed by atoms with E-state index in [9.17, 15) is 4.79 Å². The molecule has 15 heavy (non-hydrogen) atoms. The normalized spacial score (nSPS) is 12.1. The topological polar surface area (TPSA) is 49.3 Å². The van der Waals surface area contributed by atoms with Gasteiger partial charge in [0, 0.05) is 17.4 Å². The van der Waals surface area contributed by atoms with Crippen LogP contribution in [-0.4, -0.2) is 29.1 Å². The maximum Gasteiger partial charge on any atom is 0.251 e. The molecular weight excluding hydrogens is 210 g/mol. The van der Waals surface area contributed by atoms with Crippen molar-refractivity contribution >= 4 is 17.7 Å². The van der Waals surface area contributed by atoms with Gasteiger partial charge in [-0.2, -0.15) is 11.8 Å². The molecule has 82 valence electrons. The Balaban J connectivity index is 2.50. The molecule has 0 bridgehead atoms. The van der Waals surface area contributed by atoms with Crippen LogP contribution in [0.3, 0.4) is 0 Å². The molecule has 0 aromatic heterocycles. The second-order valence-electron chi connectivity index (χ2n) is 3.30. The Labute approximate surface area is 93.9 Å². The summed E-state index contributed by atoms with van der Waals surface area (Å²) in [4.78, 5) is 11.6. The maximum atomic E-state index is 11.6. The lowest BCUT2D eigenvalue weighted by Gasteiger charge is -2.09. The number of benzene rings is 1. The smallest absolute Gasteiger partial charge is 0.251 e. The predicted molar refractivity (Wildman–Crippen MR) is 63.4 cm³/mol. The molecule has 0 aliphatic heterocycles. The zero-order valence-electron chi connectivity index (χ0n) is 8.86. The molecule has 2 N–H and O–H groups in total. The number of aromatic hydroxyl groups is 1. The van der Waals surface area contributed by atoms with E-state index in [4.69, 9.17) is 5.11 Å². The molecule has 0 aliphatic carbocycles. The molecule has 1 aromatic rings. The van der Waals surface area contributed by atoms with E-state index >= 15 is 0 Å². The molecule has 3 nitrogen and oxygen atoms in total. The Morgan fingerprint density at radius 1 is 1.47 bits per heavy atom. The fourth-order valence-electron chi connectivity index (χ4n) is 1.03. The number of rotatable bonds is 4. The quantitative estimate of drug-likeness (QED) is 0.822. The minimum atomic E-state index is -0.101. The summed E-state index contributed by atoms with van der Waals surface area (Å²) >= 11 is 1.71. The average Bonchev–Trinajstić information content (AvgIpc) is 2.26. The molecule has 0 fully saturated rings. The number of hydrogen-bond acceptors (Lipinski definition) is 3. The van der Waals surface area contributed by atoms with Crippen LogP contribution in [0.1, 0.15) is 17.3 Å². The Bertz CT molecular complexity index is 324. The highest BCUT2D eigenvalue weighted by Gasteiger charge is 2.06. The van der Waals surface area contributed by atoms with Crippen molar-refractivity contribution < 1.29 is 9.90 Å². The van der Waals surface area contributed by atoms with Gasteiger partial charge in [-0.05, 0) is 30.5 Å². The van der Waals surface area contributed by atoms with Crippen molar-refractivity contribution in [2.45, 2.75) is 12.2 Å². The SMILES string of the molecule is CSC(C)CNC(=O)c1ccc(O)cc1. The first kappa shape index (κ1) is 11.9. The summed E-state index contributed by atoms with van der Waals surface area (Å²) in [5, 5.41) is 12.3. The van der Waals surface area contributed by atoms with E-state index in [1.54, 1.807) is 23.9 Å². The van der Waals surface area contributed by atoms with Crippen LogP contribution in [0, 0.1) is 0 Å². The van der Waals surface area contributed by atoms with Crippen LogP contribution in [0.25, 0.3) is 0 Å². The molecule has 1 aromatic carbocycles. The molecule has 0 saturated heterocycles. The number of thioether (sulfide) groups is 1. The van der Waals surface area contributed by atoms with E-state index in [-0.39, 0.29) is 11.7 Å². The number of phenols is 1. The highest BCUT2D eigenvalue weighted by Crippen LogP contribution is 2.09. The van der Waals surface area contributed by atoms with Crippen LogP contribution in [0.15, 0.2) is 24.3 Å². The summed E-state index contributed by atoms with van der Waals surface area (Å²) in [6.07, 6.45) is 2.01. The average molecular weight is 225 g/mol. The number of phenolic OH excluding ortho intramolecular Hbond substituents is 1. The molecular formula is C11H15NO2S. The van der Waals surface area contributed by atoms with Crippen LogP contribution in [0.5, 0.6) is 5.75 Å². The van der Waals surface area contributed by atoms with Gasteiger partial charge in [0.25, 0.3) is 5.91 Å². The molecule has 0 spiro atoms. The van der Waals surface area contributed by atoms with Crippen molar-refractivity contribution in [3.05, 3.63) is 29.8 Å². The first-order chi connectivity index (χ1) is 7.13. The summed E-state index contributed by atoms with van der Waals surface area (Å²) < 4.78 is 0. The highest BCUT2D eigenvalue weighted by molar-refractivity contribution is 7.99. The van der Waals surface area contributed by atoms with Crippen molar-refractivity contribution in [1.82, 2.24) is 5.32 Å². The summed E-state index contributed by atoms with van der Waals surface area (Å²) in [5.41, 5.74) is 0.570. The largest absolute Gasteiger partial charge is 0.508 e. The summed E-state index contributed by atoms with van der Waals surface area (Å²) in [5.74, 6) is 0.0694. The molecule has 1 rings (SSSR count). The Morgan fingerprint density at radius 2 is 2.07 bits per heavy atom. The second kappa shape index (κ2) is 5.66. The second-order valence-corrected chi connectivity index (χ2v) is 4.58. The van der Waals surface area contributed by atoms with Gasteiger partial charge in [-0.25, -0.2) is 0 Å². The van der Waals surface area contributed by atoms with Gasteiger partial charge < -0.3 is 10.4 Å². The Kier molecular flexibility index (Phi) is 4.49. The predicted octanol–water partition coefficient (Wildman–Crippen LogP) is 1.87. The minimum absolute atomic E-state index is 0.101. The van der Waals surface area contributed by atoms with Gasteiger partial charge in [0.05, 0.1) is 0 Å². The number of hydrogen-bond donors (Lipinski definition) is 2. The highest BCUT2D eigenvalue weighted by atomic mass is 32.2. The number of nitrogens with one attached hydrogen (secondary N) is 1. The zero-order valence-corrected chi connectivity index (χ0v) is 9.67. The molecule has 0 radical (unpaired) electrons. The number of amides is 1. The van der Waals surface area contributed by atoms with Crippen LogP contribution in [0.2, 0.25) is 0 Å². The molecule has 4 heteroatoms. The van der Waals surface area contributed by atoms with Crippen LogP contribution >= 0.6 is 11.8 Å². The lowest BCUT2D eigenvalue weighted by Crippen LogP contribution is -2.29. The zero-order chi connectivity index (χ0) is 11.3. The molecule has 1 unspecified atom stereocenters. The van der Waals surface area contributed by atoms with Crippen LogP contribution < -0.4 is 5.32 Å². The fourth-order valence-corrected chi connectivity index (χ4v) is 1.28. The van der Waals surface area contributed by atoms with Gasteiger partial charge in [-0.15, -0.1) is 0 Å². The molecule has 0 aliphatic rings. The first-order valence-corrected chi connectivity index (χ1v) is 6.02. The fraction of sp³-hybridized carbons (Fsp3) is 0.364. The lowest BCUT2D eigenvalue weighted by atomic mass is 10.2. The van der Waals surface area contributed by atoms with Crippen molar-refractivity contribution in [2.75, 3.05) is 12.8 Å². The van der Waals surface area contributed by atoms with Crippen molar-refractivity contribution in [2.24, 2.45) is 0 Å². The summed E-state index contributed by atoms with van der Waals surface area (Å²) in [6, 6.07) is 6.22. The number of carbonyl (C=O) groups excluding carboxylic acids is 1. The van der Waals surface area contributed by atoms with E-state index in [1.807, 2.05) is 6.26 Å². The third-order valence-corrected chi connectivity index (χ3v) is 3.05. The van der Waals surface area contributed by atoms with Crippen molar-refractivity contribution in [3.8, 4) is 5.75 Å². The van der Waals surface area contributed by atoms with Gasteiger partial charge >= 0.3 is 0 Å². The lowest BCUT2D eigenvalue weighted by molar-refractivity contribution is 0.0954. The van der Waals surface area contributed by atoms with Gasteiger partial charge in [0.1, 0.15) is 5.75 Å². The van der Waals surface area contributed by atoms with Crippen molar-refractivity contribution in [1.29, 1.82) is 0 Å². The standard InChI is InChI=1S/C11H15NO2S/c1-8(15-2)7-12-11(14)9-3-5-10(13)6-4-9/h3-6,8,13H,7H2,1-2H3,(H,12,14). The Morgan fingerprint density at radius 3 is 2.60 bits per heavy atom. The van der Waals surface area contributed by atoms with Crippen LogP contribution in [-0.2, 0) is 0 Å². The third kappa shape index (κ3) is 3.83. The molecule has 1 amide bonds. The molecule has 0 saturated carbocycles.